The van der Waals surface area contributed by atoms with E-state index in [-0.39, 0.29) is 29.5 Å². The lowest BCUT2D eigenvalue weighted by atomic mass is 10.2. The van der Waals surface area contributed by atoms with Gasteiger partial charge < -0.3 is 9.47 Å². The molecule has 0 saturated carbocycles. The molecule has 0 bridgehead atoms. The molecule has 2 aromatic rings. The van der Waals surface area contributed by atoms with Crippen molar-refractivity contribution in [1.82, 2.24) is 0 Å². The third-order valence-electron chi connectivity index (χ3n) is 3.43. The number of nitrogens with zero attached hydrogens (tertiary/aromatic N) is 1. The van der Waals surface area contributed by atoms with Crippen LogP contribution in [0.3, 0.4) is 0 Å². The molecule has 0 fully saturated rings. The van der Waals surface area contributed by atoms with Gasteiger partial charge in [0, 0.05) is 6.42 Å². The summed E-state index contributed by atoms with van der Waals surface area (Å²) in [5.41, 5.74) is 0.861. The van der Waals surface area contributed by atoms with E-state index >= 15 is 0 Å². The van der Waals surface area contributed by atoms with Crippen molar-refractivity contribution in [2.24, 2.45) is 4.99 Å². The van der Waals surface area contributed by atoms with Crippen LogP contribution in [0.25, 0.3) is 6.08 Å². The van der Waals surface area contributed by atoms with E-state index in [0.29, 0.717) is 11.3 Å². The summed E-state index contributed by atoms with van der Waals surface area (Å²) in [7, 11) is 0. The normalized spacial score (nSPS) is 15.0. The van der Waals surface area contributed by atoms with Gasteiger partial charge in [-0.1, -0.05) is 31.2 Å². The van der Waals surface area contributed by atoms with E-state index in [0.717, 1.165) is 0 Å². The zero-order valence-electron chi connectivity index (χ0n) is 13.4. The number of carbonyl (C=O) groups excluding carboxylic acids is 2. The lowest BCUT2D eigenvalue weighted by Crippen LogP contribution is -2.07. The molecule has 2 aromatic carbocycles. The van der Waals surface area contributed by atoms with Gasteiger partial charge in [-0.15, -0.1) is 0 Å². The van der Waals surface area contributed by atoms with Crippen LogP contribution in [0.5, 0.6) is 5.75 Å². The van der Waals surface area contributed by atoms with E-state index in [9.17, 15) is 14.0 Å². The topological polar surface area (TPSA) is 65.0 Å². The van der Waals surface area contributed by atoms with Gasteiger partial charge in [0.15, 0.2) is 5.70 Å². The van der Waals surface area contributed by atoms with Gasteiger partial charge in [-0.3, -0.25) is 4.79 Å². The van der Waals surface area contributed by atoms with Crippen molar-refractivity contribution < 1.29 is 23.5 Å². The molecule has 0 unspecified atom stereocenters. The lowest BCUT2D eigenvalue weighted by molar-refractivity contribution is -0.134. The first kappa shape index (κ1) is 16.6. The second-order valence-corrected chi connectivity index (χ2v) is 5.21. The molecule has 0 saturated heterocycles. The van der Waals surface area contributed by atoms with Gasteiger partial charge in [0.05, 0.1) is 5.56 Å². The van der Waals surface area contributed by atoms with Crippen LogP contribution in [-0.4, -0.2) is 17.8 Å². The van der Waals surface area contributed by atoms with E-state index in [2.05, 4.69) is 4.99 Å². The van der Waals surface area contributed by atoms with Crippen molar-refractivity contribution >= 4 is 23.9 Å². The largest absolute Gasteiger partial charge is 0.427 e. The van der Waals surface area contributed by atoms with Crippen LogP contribution in [-0.2, 0) is 14.3 Å². The second kappa shape index (κ2) is 7.09. The standard InChI is InChI=1S/C19H14FNO4/c1-2-17(22)24-13-9-7-12(8-10-13)11-16-19(23)25-18(21-16)14-5-3-4-6-15(14)20/h3-11H,2H2,1H3/b16-11-. The van der Waals surface area contributed by atoms with Crippen molar-refractivity contribution in [2.45, 2.75) is 13.3 Å². The average molecular weight is 339 g/mol. The molecule has 1 aliphatic heterocycles. The third kappa shape index (κ3) is 3.80. The Morgan fingerprint density at radius 2 is 1.92 bits per heavy atom. The number of benzene rings is 2. The highest BCUT2D eigenvalue weighted by atomic mass is 19.1. The van der Waals surface area contributed by atoms with Crippen LogP contribution < -0.4 is 4.74 Å². The monoisotopic (exact) mass is 339 g/mol. The number of ether oxygens (including phenoxy) is 2. The van der Waals surface area contributed by atoms with Crippen LogP contribution in [0.2, 0.25) is 0 Å². The molecule has 0 N–H and O–H groups in total. The van der Waals surface area contributed by atoms with Crippen LogP contribution >= 0.6 is 0 Å². The molecular weight excluding hydrogens is 325 g/mol. The summed E-state index contributed by atoms with van der Waals surface area (Å²) >= 11 is 0. The molecule has 0 aromatic heterocycles. The van der Waals surface area contributed by atoms with Gasteiger partial charge in [0.2, 0.25) is 5.90 Å². The molecule has 0 aliphatic carbocycles. The predicted octanol–water partition coefficient (Wildman–Crippen LogP) is 3.49. The summed E-state index contributed by atoms with van der Waals surface area (Å²) in [5, 5.41) is 0. The zero-order valence-corrected chi connectivity index (χ0v) is 13.4. The van der Waals surface area contributed by atoms with Crippen LogP contribution in [0.1, 0.15) is 24.5 Å². The van der Waals surface area contributed by atoms with Crippen molar-refractivity contribution in [1.29, 1.82) is 0 Å². The predicted molar refractivity (Wildman–Crippen MR) is 89.4 cm³/mol. The summed E-state index contributed by atoms with van der Waals surface area (Å²) < 4.78 is 23.9. The Morgan fingerprint density at radius 1 is 1.20 bits per heavy atom. The maximum absolute atomic E-state index is 13.8. The summed E-state index contributed by atoms with van der Waals surface area (Å²) in [5.74, 6) is -1.15. The van der Waals surface area contributed by atoms with Gasteiger partial charge in [-0.2, -0.15) is 0 Å². The summed E-state index contributed by atoms with van der Waals surface area (Å²) in [4.78, 5) is 27.2. The van der Waals surface area contributed by atoms with E-state index in [1.807, 2.05) is 0 Å². The Labute approximate surface area is 143 Å². The number of cyclic esters (lactones) is 1. The minimum Gasteiger partial charge on any atom is -0.427 e. The number of halogens is 1. The first-order chi connectivity index (χ1) is 12.1. The average Bonchev–Trinajstić information content (AvgIpc) is 2.97. The fourth-order valence-corrected chi connectivity index (χ4v) is 2.15. The van der Waals surface area contributed by atoms with Crippen LogP contribution in [0.15, 0.2) is 59.2 Å². The van der Waals surface area contributed by atoms with Gasteiger partial charge in [0.25, 0.3) is 0 Å². The number of carbonyl (C=O) groups is 2. The van der Waals surface area contributed by atoms with E-state index in [1.165, 1.54) is 18.2 Å². The molecule has 1 aliphatic rings. The molecular formula is C19H14FNO4. The van der Waals surface area contributed by atoms with Crippen molar-refractivity contribution in [2.75, 3.05) is 0 Å². The highest BCUT2D eigenvalue weighted by Gasteiger charge is 2.25. The second-order valence-electron chi connectivity index (χ2n) is 5.21. The first-order valence-electron chi connectivity index (χ1n) is 7.65. The minimum atomic E-state index is -0.653. The highest BCUT2D eigenvalue weighted by Crippen LogP contribution is 2.21. The van der Waals surface area contributed by atoms with E-state index in [4.69, 9.17) is 9.47 Å². The zero-order chi connectivity index (χ0) is 17.8. The molecule has 0 atom stereocenters. The first-order valence-corrected chi connectivity index (χ1v) is 7.65. The van der Waals surface area contributed by atoms with Crippen molar-refractivity contribution in [3.8, 4) is 5.75 Å². The summed E-state index contributed by atoms with van der Waals surface area (Å²) in [6.07, 6.45) is 1.80. The Balaban J connectivity index is 1.82. The van der Waals surface area contributed by atoms with Crippen molar-refractivity contribution in [3.05, 3.63) is 71.2 Å². The van der Waals surface area contributed by atoms with Crippen LogP contribution in [0, 0.1) is 5.82 Å². The number of rotatable bonds is 4. The molecule has 3 rings (SSSR count). The number of hydrogen-bond acceptors (Lipinski definition) is 5. The van der Waals surface area contributed by atoms with Crippen molar-refractivity contribution in [3.63, 3.8) is 0 Å². The smallest absolute Gasteiger partial charge is 0.363 e. The molecule has 5 nitrogen and oxygen atoms in total. The van der Waals surface area contributed by atoms with Crippen LogP contribution in [0.4, 0.5) is 4.39 Å². The highest BCUT2D eigenvalue weighted by molar-refractivity contribution is 6.12. The Bertz CT molecular complexity index is 885. The number of hydrogen-bond donors (Lipinski definition) is 0. The van der Waals surface area contributed by atoms with E-state index < -0.39 is 11.8 Å². The summed E-state index contributed by atoms with van der Waals surface area (Å²) in [6, 6.07) is 12.5. The molecule has 25 heavy (non-hydrogen) atoms. The maximum Gasteiger partial charge on any atom is 0.363 e. The molecule has 0 radical (unpaired) electrons. The SMILES string of the molecule is CCC(=O)Oc1ccc(/C=C2\N=C(c3ccccc3F)OC2=O)cc1. The van der Waals surface area contributed by atoms with Gasteiger partial charge >= 0.3 is 11.9 Å². The quantitative estimate of drug-likeness (QED) is 0.486. The maximum atomic E-state index is 13.8. The molecule has 0 spiro atoms. The number of aliphatic imine (C=N–C) groups is 1. The molecule has 0 amide bonds. The Morgan fingerprint density at radius 3 is 2.60 bits per heavy atom. The van der Waals surface area contributed by atoms with E-state index in [1.54, 1.807) is 43.3 Å². The summed E-state index contributed by atoms with van der Waals surface area (Å²) in [6.45, 7) is 1.71. The van der Waals surface area contributed by atoms with Gasteiger partial charge in [-0.05, 0) is 35.9 Å². The molecule has 6 heteroatoms. The van der Waals surface area contributed by atoms with Gasteiger partial charge in [-0.25, -0.2) is 14.2 Å². The molecule has 126 valence electrons. The Hall–Kier alpha value is -3.28. The fourth-order valence-electron chi connectivity index (χ4n) is 2.15. The third-order valence-corrected chi connectivity index (χ3v) is 3.43. The lowest BCUT2D eigenvalue weighted by Gasteiger charge is -2.02. The number of esters is 2. The van der Waals surface area contributed by atoms with Gasteiger partial charge in [0.1, 0.15) is 11.6 Å². The Kier molecular flexibility index (Phi) is 4.70. The fraction of sp³-hybridized carbons (Fsp3) is 0.105. The molecule has 1 heterocycles. The minimum absolute atomic E-state index is 0.0663.